The molecule has 62 valence electrons. The Balaban J connectivity index is 3.17. The average Bonchev–Trinajstić information content (AvgIpc) is 2.01. The molecule has 0 amide bonds. The van der Waals surface area contributed by atoms with Crippen LogP contribution < -0.4 is 5.32 Å². The van der Waals surface area contributed by atoms with Crippen molar-refractivity contribution < 1.29 is 0 Å². The van der Waals surface area contributed by atoms with E-state index in [9.17, 15) is 0 Å². The summed E-state index contributed by atoms with van der Waals surface area (Å²) in [5.41, 5.74) is 0. The number of hydrogen-bond donors (Lipinski definition) is 1. The van der Waals surface area contributed by atoms with Crippen molar-refractivity contribution in [3.8, 4) is 6.07 Å². The normalized spacial score (nSPS) is 8.73. The highest BCUT2D eigenvalue weighted by atomic mass is 32.1. The van der Waals surface area contributed by atoms with Gasteiger partial charge < -0.3 is 5.32 Å². The molecule has 0 aliphatic carbocycles. The second kappa shape index (κ2) is 7.49. The van der Waals surface area contributed by atoms with E-state index in [1.807, 2.05) is 0 Å². The van der Waals surface area contributed by atoms with Crippen molar-refractivity contribution in [2.24, 2.45) is 0 Å². The molecule has 0 rings (SSSR count). The first-order valence-corrected chi connectivity index (χ1v) is 4.35. The fraction of sp³-hybridized carbons (Fsp3) is 0.750. The molecule has 0 fully saturated rings. The van der Waals surface area contributed by atoms with E-state index in [0.29, 0.717) is 13.0 Å². The second-order valence-electron chi connectivity index (χ2n) is 2.36. The molecule has 11 heavy (non-hydrogen) atoms. The minimum atomic E-state index is 0.534. The molecule has 0 atom stereocenters. The molecule has 0 aliphatic rings. The van der Waals surface area contributed by atoms with Crippen molar-refractivity contribution in [1.82, 2.24) is 5.32 Å². The van der Waals surface area contributed by atoms with E-state index >= 15 is 0 Å². The maximum Gasteiger partial charge on any atom is 0.0753 e. The highest BCUT2D eigenvalue weighted by molar-refractivity contribution is 7.80. The predicted octanol–water partition coefficient (Wildman–Crippen LogP) is 2.01. The Labute approximate surface area is 73.6 Å². The van der Waals surface area contributed by atoms with Crippen LogP contribution in [-0.4, -0.2) is 11.5 Å². The van der Waals surface area contributed by atoms with Crippen molar-refractivity contribution >= 4 is 17.2 Å². The van der Waals surface area contributed by atoms with Crippen LogP contribution in [0.1, 0.15) is 32.6 Å². The Morgan fingerprint density at radius 2 is 2.36 bits per heavy atom. The second-order valence-corrected chi connectivity index (χ2v) is 2.85. The first-order valence-electron chi connectivity index (χ1n) is 3.95. The molecular formula is C8H14N2S. The molecule has 0 unspecified atom stereocenters. The summed E-state index contributed by atoms with van der Waals surface area (Å²) in [6.45, 7) is 2.83. The molecule has 3 heteroatoms. The quantitative estimate of drug-likeness (QED) is 0.506. The highest BCUT2D eigenvalue weighted by Gasteiger charge is 1.92. The fourth-order valence-electron chi connectivity index (χ4n) is 0.684. The van der Waals surface area contributed by atoms with Crippen LogP contribution >= 0.6 is 12.2 Å². The number of thiocarbonyl (C=S) groups is 1. The summed E-state index contributed by atoms with van der Waals surface area (Å²) in [6, 6.07) is 2.06. The van der Waals surface area contributed by atoms with Gasteiger partial charge in [-0.25, -0.2) is 0 Å². The zero-order chi connectivity index (χ0) is 8.53. The summed E-state index contributed by atoms with van der Waals surface area (Å²) in [5.74, 6) is 0. The first-order chi connectivity index (χ1) is 5.31. The number of hydrogen-bond acceptors (Lipinski definition) is 2. The Bertz CT molecular complexity index is 149. The molecule has 0 radical (unpaired) electrons. The van der Waals surface area contributed by atoms with Crippen LogP contribution in [0.4, 0.5) is 0 Å². The van der Waals surface area contributed by atoms with Gasteiger partial charge in [0.1, 0.15) is 0 Å². The van der Waals surface area contributed by atoms with E-state index in [0.717, 1.165) is 17.8 Å². The lowest BCUT2D eigenvalue weighted by atomic mass is 10.2. The average molecular weight is 170 g/mol. The lowest BCUT2D eigenvalue weighted by molar-refractivity contribution is 0.805. The Morgan fingerprint density at radius 3 is 2.91 bits per heavy atom. The van der Waals surface area contributed by atoms with Gasteiger partial charge in [0.2, 0.25) is 0 Å². The number of nitrogens with zero attached hydrogens (tertiary/aromatic N) is 1. The largest absolute Gasteiger partial charge is 0.379 e. The number of nitrogens with one attached hydrogen (secondary N) is 1. The van der Waals surface area contributed by atoms with Crippen LogP contribution in [0.2, 0.25) is 0 Å². The van der Waals surface area contributed by atoms with Gasteiger partial charge in [-0.2, -0.15) is 5.26 Å². The number of rotatable bonds is 5. The highest BCUT2D eigenvalue weighted by Crippen LogP contribution is 1.94. The van der Waals surface area contributed by atoms with Gasteiger partial charge in [0.05, 0.1) is 17.5 Å². The van der Waals surface area contributed by atoms with E-state index in [4.69, 9.17) is 17.5 Å². The number of unbranched alkanes of at least 4 members (excludes halogenated alkanes) is 1. The minimum Gasteiger partial charge on any atom is -0.379 e. The lowest BCUT2D eigenvalue weighted by Gasteiger charge is -2.03. The van der Waals surface area contributed by atoms with Gasteiger partial charge in [0, 0.05) is 6.54 Å². The van der Waals surface area contributed by atoms with Gasteiger partial charge in [-0.3, -0.25) is 0 Å². The van der Waals surface area contributed by atoms with E-state index in [-0.39, 0.29) is 0 Å². The molecule has 2 nitrogen and oxygen atoms in total. The lowest BCUT2D eigenvalue weighted by Crippen LogP contribution is -2.21. The zero-order valence-electron chi connectivity index (χ0n) is 6.89. The predicted molar refractivity (Wildman–Crippen MR) is 50.4 cm³/mol. The summed E-state index contributed by atoms with van der Waals surface area (Å²) in [4.78, 5) is 0.891. The Kier molecular flexibility index (Phi) is 7.06. The molecule has 1 N–H and O–H groups in total. The van der Waals surface area contributed by atoms with Crippen molar-refractivity contribution in [3.63, 3.8) is 0 Å². The summed E-state index contributed by atoms with van der Waals surface area (Å²) >= 11 is 5.01. The third-order valence-corrected chi connectivity index (χ3v) is 1.66. The maximum atomic E-state index is 8.22. The SMILES string of the molecule is CCCCC(=S)NCCC#N. The summed E-state index contributed by atoms with van der Waals surface area (Å²) in [6.07, 6.45) is 3.79. The van der Waals surface area contributed by atoms with Gasteiger partial charge in [-0.15, -0.1) is 0 Å². The van der Waals surface area contributed by atoms with Crippen molar-refractivity contribution in [2.75, 3.05) is 6.54 Å². The van der Waals surface area contributed by atoms with Gasteiger partial charge in [-0.05, 0) is 12.8 Å². The van der Waals surface area contributed by atoms with Crippen LogP contribution in [-0.2, 0) is 0 Å². The molecule has 0 bridgehead atoms. The summed E-state index contributed by atoms with van der Waals surface area (Å²) in [7, 11) is 0. The molecule has 0 aromatic carbocycles. The zero-order valence-corrected chi connectivity index (χ0v) is 7.71. The summed E-state index contributed by atoms with van der Waals surface area (Å²) < 4.78 is 0. The van der Waals surface area contributed by atoms with Gasteiger partial charge in [-0.1, -0.05) is 25.6 Å². The number of nitriles is 1. The van der Waals surface area contributed by atoms with Crippen LogP contribution in [0.25, 0.3) is 0 Å². The van der Waals surface area contributed by atoms with Crippen molar-refractivity contribution in [1.29, 1.82) is 5.26 Å². The molecule has 0 aromatic heterocycles. The molecule has 0 heterocycles. The van der Waals surface area contributed by atoms with Gasteiger partial charge in [0.25, 0.3) is 0 Å². The molecule has 0 spiro atoms. The topological polar surface area (TPSA) is 35.8 Å². The Hall–Kier alpha value is -0.620. The Morgan fingerprint density at radius 1 is 1.64 bits per heavy atom. The molecule has 0 saturated heterocycles. The van der Waals surface area contributed by atoms with Gasteiger partial charge >= 0.3 is 0 Å². The first kappa shape index (κ1) is 10.4. The molecule has 0 saturated carbocycles. The van der Waals surface area contributed by atoms with Crippen LogP contribution in [0.15, 0.2) is 0 Å². The van der Waals surface area contributed by atoms with E-state index in [2.05, 4.69) is 18.3 Å². The van der Waals surface area contributed by atoms with Crippen LogP contribution in [0.3, 0.4) is 0 Å². The van der Waals surface area contributed by atoms with Crippen molar-refractivity contribution in [3.05, 3.63) is 0 Å². The standard InChI is InChI=1S/C8H14N2S/c1-2-3-5-8(11)10-7-4-6-9/h2-5,7H2,1H3,(H,10,11). The van der Waals surface area contributed by atoms with Gasteiger partial charge in [0.15, 0.2) is 0 Å². The van der Waals surface area contributed by atoms with Crippen molar-refractivity contribution in [2.45, 2.75) is 32.6 Å². The van der Waals surface area contributed by atoms with E-state index in [1.165, 1.54) is 6.42 Å². The smallest absolute Gasteiger partial charge is 0.0753 e. The van der Waals surface area contributed by atoms with E-state index in [1.54, 1.807) is 0 Å². The molecule has 0 aliphatic heterocycles. The maximum absolute atomic E-state index is 8.22. The van der Waals surface area contributed by atoms with E-state index < -0.39 is 0 Å². The monoisotopic (exact) mass is 170 g/mol. The molecular weight excluding hydrogens is 156 g/mol. The van der Waals surface area contributed by atoms with Crippen LogP contribution in [0, 0.1) is 11.3 Å². The minimum absolute atomic E-state index is 0.534. The summed E-state index contributed by atoms with van der Waals surface area (Å²) in [5, 5.41) is 11.2. The molecule has 0 aromatic rings. The third-order valence-electron chi connectivity index (χ3n) is 1.32. The third kappa shape index (κ3) is 7.27. The fourth-order valence-corrected chi connectivity index (χ4v) is 0.930. The van der Waals surface area contributed by atoms with Crippen LogP contribution in [0.5, 0.6) is 0 Å².